The highest BCUT2D eigenvalue weighted by Gasteiger charge is 2.34. The molecule has 1 aromatic carbocycles. The third kappa shape index (κ3) is 1.94. The number of hydrogen-bond donors (Lipinski definition) is 1. The molecular weight excluding hydrogens is 259 g/mol. The zero-order valence-electron chi connectivity index (χ0n) is 10.0. The highest BCUT2D eigenvalue weighted by Crippen LogP contribution is 2.25. The number of hydrogen-bond acceptors (Lipinski definition) is 3. The molecular formula is C11H13FN2O3S. The van der Waals surface area contributed by atoms with Gasteiger partial charge in [-0.15, -0.1) is 0 Å². The Bertz CT molecular complexity index is 590. The first kappa shape index (κ1) is 12.8. The zero-order chi connectivity index (χ0) is 13.5. The van der Waals surface area contributed by atoms with Crippen LogP contribution in [0.2, 0.25) is 0 Å². The first-order chi connectivity index (χ1) is 8.34. The number of nitrogens with zero attached hydrogens (tertiary/aromatic N) is 1. The fraction of sp³-hybridized carbons (Fsp3) is 0.364. The maximum absolute atomic E-state index is 13.2. The van der Waals surface area contributed by atoms with Crippen LogP contribution in [0.5, 0.6) is 0 Å². The van der Waals surface area contributed by atoms with Crippen molar-refractivity contribution in [3.8, 4) is 0 Å². The molecule has 2 rings (SSSR count). The molecule has 1 aliphatic rings. The van der Waals surface area contributed by atoms with E-state index in [4.69, 9.17) is 0 Å². The number of aryl methyl sites for hydroxylation is 2. The van der Waals surface area contributed by atoms with Gasteiger partial charge in [0.15, 0.2) is 0 Å². The summed E-state index contributed by atoms with van der Waals surface area (Å²) in [6.45, 7) is 3.41. The molecule has 0 aromatic heterocycles. The van der Waals surface area contributed by atoms with Crippen molar-refractivity contribution in [2.45, 2.75) is 18.7 Å². The Morgan fingerprint density at radius 3 is 2.28 bits per heavy atom. The van der Waals surface area contributed by atoms with E-state index in [1.807, 2.05) is 0 Å². The van der Waals surface area contributed by atoms with Crippen molar-refractivity contribution < 1.29 is 17.6 Å². The van der Waals surface area contributed by atoms with Crippen LogP contribution in [0.4, 0.5) is 9.18 Å². The topological polar surface area (TPSA) is 66.5 Å². The Balaban J connectivity index is 2.58. The molecule has 2 amide bonds. The second kappa shape index (κ2) is 4.24. The van der Waals surface area contributed by atoms with E-state index in [1.165, 1.54) is 13.8 Å². The second-order valence-corrected chi connectivity index (χ2v) is 5.98. The highest BCUT2D eigenvalue weighted by molar-refractivity contribution is 7.89. The van der Waals surface area contributed by atoms with Gasteiger partial charge in [0.25, 0.3) is 10.0 Å². The minimum Gasteiger partial charge on any atom is -0.335 e. The standard InChI is InChI=1S/C11H13FN2O3S/c1-7-5-9(12)6-8(2)10(7)18(16,17)14-4-3-13-11(14)15/h5-6H,3-4H2,1-2H3,(H,13,15). The van der Waals surface area contributed by atoms with E-state index in [1.54, 1.807) is 0 Å². The molecule has 98 valence electrons. The van der Waals surface area contributed by atoms with Gasteiger partial charge in [-0.25, -0.2) is 21.9 Å². The van der Waals surface area contributed by atoms with Gasteiger partial charge in [0, 0.05) is 6.54 Å². The fourth-order valence-electron chi connectivity index (χ4n) is 2.10. The van der Waals surface area contributed by atoms with Crippen LogP contribution in [-0.4, -0.2) is 31.8 Å². The van der Waals surface area contributed by atoms with Crippen molar-refractivity contribution in [2.24, 2.45) is 0 Å². The number of urea groups is 1. The van der Waals surface area contributed by atoms with Crippen LogP contribution in [0.25, 0.3) is 0 Å². The maximum Gasteiger partial charge on any atom is 0.331 e. The predicted molar refractivity (Wildman–Crippen MR) is 63.2 cm³/mol. The third-order valence-corrected chi connectivity index (χ3v) is 4.88. The van der Waals surface area contributed by atoms with E-state index in [0.717, 1.165) is 16.4 Å². The van der Waals surface area contributed by atoms with Crippen molar-refractivity contribution in [1.82, 2.24) is 9.62 Å². The lowest BCUT2D eigenvalue weighted by Crippen LogP contribution is -2.35. The van der Waals surface area contributed by atoms with Crippen LogP contribution in [0, 0.1) is 19.7 Å². The number of carbonyl (C=O) groups excluding carboxylic acids is 1. The lowest BCUT2D eigenvalue weighted by molar-refractivity contribution is 0.236. The van der Waals surface area contributed by atoms with Crippen LogP contribution in [-0.2, 0) is 10.0 Å². The second-order valence-electron chi connectivity index (χ2n) is 4.18. The van der Waals surface area contributed by atoms with E-state index >= 15 is 0 Å². The molecule has 1 N–H and O–H groups in total. The Labute approximate surface area is 105 Å². The summed E-state index contributed by atoms with van der Waals surface area (Å²) in [6, 6.07) is 1.65. The molecule has 0 saturated carbocycles. The van der Waals surface area contributed by atoms with E-state index in [-0.39, 0.29) is 18.0 Å². The summed E-state index contributed by atoms with van der Waals surface area (Å²) in [5.74, 6) is -0.491. The van der Waals surface area contributed by atoms with Gasteiger partial charge in [0.05, 0.1) is 11.4 Å². The Morgan fingerprint density at radius 1 is 1.28 bits per heavy atom. The van der Waals surface area contributed by atoms with Gasteiger partial charge in [0.2, 0.25) is 0 Å². The normalized spacial score (nSPS) is 15.9. The summed E-state index contributed by atoms with van der Waals surface area (Å²) < 4.78 is 38.6. The molecule has 0 aliphatic carbocycles. The smallest absolute Gasteiger partial charge is 0.331 e. The molecule has 1 aliphatic heterocycles. The van der Waals surface area contributed by atoms with Crippen molar-refractivity contribution in [1.29, 1.82) is 0 Å². The summed E-state index contributed by atoms with van der Waals surface area (Å²) in [7, 11) is -3.91. The zero-order valence-corrected chi connectivity index (χ0v) is 10.8. The first-order valence-electron chi connectivity index (χ1n) is 5.41. The van der Waals surface area contributed by atoms with E-state index in [2.05, 4.69) is 5.32 Å². The summed E-state index contributed by atoms with van der Waals surface area (Å²) in [5.41, 5.74) is 0.597. The molecule has 0 bridgehead atoms. The maximum atomic E-state index is 13.2. The third-order valence-electron chi connectivity index (χ3n) is 2.79. The molecule has 1 aromatic rings. The molecule has 0 atom stereocenters. The first-order valence-corrected chi connectivity index (χ1v) is 6.85. The van der Waals surface area contributed by atoms with Gasteiger partial charge in [-0.3, -0.25) is 0 Å². The van der Waals surface area contributed by atoms with Crippen molar-refractivity contribution in [3.63, 3.8) is 0 Å². The van der Waals surface area contributed by atoms with Crippen LogP contribution in [0.3, 0.4) is 0 Å². The quantitative estimate of drug-likeness (QED) is 0.878. The molecule has 1 heterocycles. The predicted octanol–water partition coefficient (Wildman–Crippen LogP) is 1.16. The van der Waals surface area contributed by atoms with Crippen LogP contribution in [0.15, 0.2) is 17.0 Å². The lowest BCUT2D eigenvalue weighted by atomic mass is 10.1. The number of rotatable bonds is 2. The molecule has 7 heteroatoms. The highest BCUT2D eigenvalue weighted by atomic mass is 32.2. The molecule has 0 radical (unpaired) electrons. The molecule has 1 fully saturated rings. The van der Waals surface area contributed by atoms with Gasteiger partial charge >= 0.3 is 6.03 Å². The van der Waals surface area contributed by atoms with Crippen LogP contribution in [0.1, 0.15) is 11.1 Å². The monoisotopic (exact) mass is 272 g/mol. The Morgan fingerprint density at radius 2 is 1.83 bits per heavy atom. The van der Waals surface area contributed by atoms with Gasteiger partial charge in [-0.2, -0.15) is 0 Å². The number of halogens is 1. The van der Waals surface area contributed by atoms with Gasteiger partial charge < -0.3 is 5.32 Å². The molecule has 0 spiro atoms. The average molecular weight is 272 g/mol. The summed E-state index contributed by atoms with van der Waals surface area (Å²) in [5, 5.41) is 2.43. The summed E-state index contributed by atoms with van der Waals surface area (Å²) in [6.07, 6.45) is 0. The van der Waals surface area contributed by atoms with Crippen LogP contribution >= 0.6 is 0 Å². The molecule has 5 nitrogen and oxygen atoms in total. The van der Waals surface area contributed by atoms with Crippen molar-refractivity contribution in [2.75, 3.05) is 13.1 Å². The minimum absolute atomic E-state index is 0.000880. The number of carbonyl (C=O) groups is 1. The van der Waals surface area contributed by atoms with Crippen LogP contribution < -0.4 is 5.32 Å². The summed E-state index contributed by atoms with van der Waals surface area (Å²) in [4.78, 5) is 11.4. The number of nitrogens with one attached hydrogen (secondary N) is 1. The SMILES string of the molecule is Cc1cc(F)cc(C)c1S(=O)(=O)N1CCNC1=O. The molecule has 18 heavy (non-hydrogen) atoms. The van der Waals surface area contributed by atoms with Crippen molar-refractivity contribution in [3.05, 3.63) is 29.1 Å². The number of sulfonamides is 1. The Kier molecular flexibility index (Phi) is 3.02. The molecule has 0 unspecified atom stereocenters. The largest absolute Gasteiger partial charge is 0.335 e. The minimum atomic E-state index is -3.91. The fourth-order valence-corrected chi connectivity index (χ4v) is 3.86. The lowest BCUT2D eigenvalue weighted by Gasteiger charge is -2.18. The Hall–Kier alpha value is -1.63. The summed E-state index contributed by atoms with van der Waals surface area (Å²) >= 11 is 0. The van der Waals surface area contributed by atoms with Gasteiger partial charge in [0.1, 0.15) is 5.82 Å². The van der Waals surface area contributed by atoms with E-state index in [0.29, 0.717) is 11.1 Å². The van der Waals surface area contributed by atoms with Gasteiger partial charge in [-0.05, 0) is 37.1 Å². The van der Waals surface area contributed by atoms with E-state index in [9.17, 15) is 17.6 Å². The number of benzene rings is 1. The van der Waals surface area contributed by atoms with Gasteiger partial charge in [-0.1, -0.05) is 0 Å². The number of amides is 2. The van der Waals surface area contributed by atoms with Crippen molar-refractivity contribution >= 4 is 16.1 Å². The van der Waals surface area contributed by atoms with E-state index < -0.39 is 21.9 Å². The molecule has 1 saturated heterocycles. The average Bonchev–Trinajstić information content (AvgIpc) is 2.62.